The summed E-state index contributed by atoms with van der Waals surface area (Å²) >= 11 is 0. The van der Waals surface area contributed by atoms with E-state index < -0.39 is 10.1 Å². The molecule has 1 aromatic heterocycles. The van der Waals surface area contributed by atoms with Crippen LogP contribution >= 0.6 is 0 Å². The first-order valence-corrected chi connectivity index (χ1v) is 3.24. The van der Waals surface area contributed by atoms with Gasteiger partial charge in [-0.3, -0.25) is 0 Å². The molecule has 0 aliphatic rings. The first kappa shape index (κ1) is 9.57. The third kappa shape index (κ3) is 2.84. The third-order valence-corrected chi connectivity index (χ3v) is 1.08. The highest BCUT2D eigenvalue weighted by molar-refractivity contribution is 5.38. The van der Waals surface area contributed by atoms with Crippen LogP contribution in [0.15, 0.2) is 12.1 Å². The quantitative estimate of drug-likeness (QED) is 0.498. The zero-order valence-corrected chi connectivity index (χ0v) is 6.58. The summed E-state index contributed by atoms with van der Waals surface area (Å²) in [5, 5.41) is 24.8. The van der Waals surface area contributed by atoms with Crippen LogP contribution in [0.1, 0.15) is 0 Å². The topological polar surface area (TPSA) is 136 Å². The summed E-state index contributed by atoms with van der Waals surface area (Å²) in [6.45, 7) is 0. The zero-order valence-electron chi connectivity index (χ0n) is 6.58. The van der Waals surface area contributed by atoms with Gasteiger partial charge in [-0.1, -0.05) is 10.9 Å². The lowest BCUT2D eigenvalue weighted by molar-refractivity contribution is -0.446. The Balaban J connectivity index is 2.68. The number of hydrogen-bond donors (Lipinski definition) is 2. The fourth-order valence-corrected chi connectivity index (χ4v) is 0.639. The Labute approximate surface area is 76.2 Å². The van der Waals surface area contributed by atoms with Gasteiger partial charge in [0.2, 0.25) is 11.6 Å². The van der Waals surface area contributed by atoms with Crippen molar-refractivity contribution in [2.24, 2.45) is 0 Å². The number of nitrogens with one attached hydrogen (secondary N) is 2. The van der Waals surface area contributed by atoms with Crippen LogP contribution < -0.4 is 10.9 Å². The Morgan fingerprint density at radius 1 is 1.00 bits per heavy atom. The Morgan fingerprint density at radius 2 is 1.36 bits per heavy atom. The van der Waals surface area contributed by atoms with Gasteiger partial charge >= 0.3 is 0 Å². The molecule has 0 aliphatic heterocycles. The smallest absolute Gasteiger partial charge is 0.212 e. The molecule has 0 fully saturated rings. The average molecular weight is 200 g/mol. The Morgan fingerprint density at radius 3 is 1.57 bits per heavy atom. The molecule has 0 unspecified atom stereocenters. The van der Waals surface area contributed by atoms with Gasteiger partial charge in [-0.15, -0.1) is 10.2 Å². The maximum absolute atomic E-state index is 9.93. The highest BCUT2D eigenvalue weighted by Crippen LogP contribution is 2.04. The van der Waals surface area contributed by atoms with Crippen LogP contribution in [-0.2, 0) is 0 Å². The van der Waals surface area contributed by atoms with Gasteiger partial charge < -0.3 is 0 Å². The lowest BCUT2D eigenvalue weighted by Gasteiger charge is -1.96. The Hall–Kier alpha value is -2.52. The minimum Gasteiger partial charge on any atom is -0.234 e. The summed E-state index contributed by atoms with van der Waals surface area (Å²) in [7, 11) is 0. The summed E-state index contributed by atoms with van der Waals surface area (Å²) in [5.74, 6) is -0.215. The number of rotatable bonds is 4. The molecule has 10 heteroatoms. The van der Waals surface area contributed by atoms with Gasteiger partial charge in [0.05, 0.1) is 0 Å². The van der Waals surface area contributed by atoms with E-state index in [1.807, 2.05) is 0 Å². The zero-order chi connectivity index (χ0) is 10.6. The van der Waals surface area contributed by atoms with Gasteiger partial charge in [0.15, 0.2) is 10.1 Å². The molecule has 1 heterocycles. The minimum absolute atomic E-state index is 0.108. The fourth-order valence-electron chi connectivity index (χ4n) is 0.639. The van der Waals surface area contributed by atoms with Gasteiger partial charge in [0.25, 0.3) is 0 Å². The van der Waals surface area contributed by atoms with Crippen molar-refractivity contribution in [1.29, 1.82) is 0 Å². The van der Waals surface area contributed by atoms with Crippen LogP contribution in [0.4, 0.5) is 11.6 Å². The summed E-state index contributed by atoms with van der Waals surface area (Å²) in [6.07, 6.45) is 0. The van der Waals surface area contributed by atoms with Crippen LogP contribution in [0.5, 0.6) is 0 Å². The van der Waals surface area contributed by atoms with Crippen LogP contribution in [-0.4, -0.2) is 20.3 Å². The highest BCUT2D eigenvalue weighted by Gasteiger charge is 2.04. The van der Waals surface area contributed by atoms with Crippen molar-refractivity contribution in [3.63, 3.8) is 0 Å². The maximum Gasteiger partial charge on any atom is 0.212 e. The molecule has 1 rings (SSSR count). The molecule has 14 heavy (non-hydrogen) atoms. The SMILES string of the molecule is O=[N+]([O-])Nc1ccc(N[N+](=O)[O-])nn1. The molecule has 1 aromatic rings. The lowest BCUT2D eigenvalue weighted by atomic mass is 10.5. The summed E-state index contributed by atoms with van der Waals surface area (Å²) in [6, 6.07) is 2.36. The number of anilines is 2. The molecule has 74 valence electrons. The number of hydrogen-bond acceptors (Lipinski definition) is 6. The van der Waals surface area contributed by atoms with E-state index in [-0.39, 0.29) is 11.6 Å². The van der Waals surface area contributed by atoms with E-state index in [0.29, 0.717) is 0 Å². The van der Waals surface area contributed by atoms with E-state index in [4.69, 9.17) is 0 Å². The number of nitrogens with zero attached hydrogens (tertiary/aromatic N) is 4. The van der Waals surface area contributed by atoms with E-state index >= 15 is 0 Å². The average Bonchev–Trinajstić information content (AvgIpc) is 2.06. The molecular formula is C4H4N6O4. The predicted molar refractivity (Wildman–Crippen MR) is 43.3 cm³/mol. The predicted octanol–water partition coefficient (Wildman–Crippen LogP) is -0.316. The highest BCUT2D eigenvalue weighted by atomic mass is 16.7. The third-order valence-electron chi connectivity index (χ3n) is 1.08. The Kier molecular flexibility index (Phi) is 2.69. The van der Waals surface area contributed by atoms with Crippen molar-refractivity contribution in [3.8, 4) is 0 Å². The van der Waals surface area contributed by atoms with Crippen LogP contribution in [0, 0.1) is 20.2 Å². The monoisotopic (exact) mass is 200 g/mol. The number of nitro groups is 2. The molecule has 0 spiro atoms. The van der Waals surface area contributed by atoms with E-state index in [1.165, 1.54) is 12.1 Å². The molecule has 0 saturated heterocycles. The first-order valence-electron chi connectivity index (χ1n) is 3.24. The Bertz CT molecular complexity index is 314. The second-order valence-electron chi connectivity index (χ2n) is 2.04. The standard InChI is InChI=1S/C4H4N6O4/c11-9(12)7-3-1-2-4(6-5-3)8-10(13)14/h1-2H,(H,5,7)(H,6,8). The summed E-state index contributed by atoms with van der Waals surface area (Å²) in [5.41, 5.74) is 3.47. The van der Waals surface area contributed by atoms with Crippen molar-refractivity contribution < 1.29 is 10.1 Å². The van der Waals surface area contributed by atoms with Crippen molar-refractivity contribution in [1.82, 2.24) is 10.2 Å². The first-order chi connectivity index (χ1) is 6.58. The van der Waals surface area contributed by atoms with Gasteiger partial charge in [-0.25, -0.2) is 20.2 Å². The fraction of sp³-hybridized carbons (Fsp3) is 0. The van der Waals surface area contributed by atoms with Crippen LogP contribution in [0.25, 0.3) is 0 Å². The molecular weight excluding hydrogens is 196 g/mol. The van der Waals surface area contributed by atoms with Crippen LogP contribution in [0.3, 0.4) is 0 Å². The van der Waals surface area contributed by atoms with Crippen molar-refractivity contribution in [2.75, 3.05) is 10.9 Å². The largest absolute Gasteiger partial charge is 0.234 e. The van der Waals surface area contributed by atoms with Crippen molar-refractivity contribution in [2.45, 2.75) is 0 Å². The van der Waals surface area contributed by atoms with Gasteiger partial charge in [-0.2, -0.15) is 0 Å². The van der Waals surface area contributed by atoms with E-state index in [0.717, 1.165) is 0 Å². The lowest BCUT2D eigenvalue weighted by Crippen LogP contribution is -2.12. The minimum atomic E-state index is -0.815. The van der Waals surface area contributed by atoms with E-state index in [1.54, 1.807) is 10.9 Å². The number of aromatic nitrogens is 2. The molecule has 10 nitrogen and oxygen atoms in total. The second-order valence-corrected chi connectivity index (χ2v) is 2.04. The van der Waals surface area contributed by atoms with Gasteiger partial charge in [0, 0.05) is 0 Å². The van der Waals surface area contributed by atoms with E-state index in [2.05, 4.69) is 10.2 Å². The molecule has 0 aromatic carbocycles. The van der Waals surface area contributed by atoms with Gasteiger partial charge in [0.1, 0.15) is 0 Å². The van der Waals surface area contributed by atoms with Crippen LogP contribution in [0.2, 0.25) is 0 Å². The van der Waals surface area contributed by atoms with Crippen molar-refractivity contribution in [3.05, 3.63) is 32.4 Å². The molecule has 0 atom stereocenters. The summed E-state index contributed by atoms with van der Waals surface area (Å²) < 4.78 is 0. The molecule has 0 saturated carbocycles. The second kappa shape index (κ2) is 3.93. The molecule has 0 bridgehead atoms. The number of hydrazine groups is 2. The van der Waals surface area contributed by atoms with E-state index in [9.17, 15) is 20.2 Å². The molecule has 2 N–H and O–H groups in total. The summed E-state index contributed by atoms with van der Waals surface area (Å²) in [4.78, 5) is 19.9. The molecule has 0 aliphatic carbocycles. The van der Waals surface area contributed by atoms with Crippen molar-refractivity contribution >= 4 is 11.6 Å². The molecule has 0 radical (unpaired) electrons. The normalized spacial score (nSPS) is 9.14. The molecule has 0 amide bonds. The maximum atomic E-state index is 9.93. The van der Waals surface area contributed by atoms with Gasteiger partial charge in [-0.05, 0) is 12.1 Å².